The van der Waals surface area contributed by atoms with E-state index in [2.05, 4.69) is 44.2 Å². The van der Waals surface area contributed by atoms with E-state index < -0.39 is 0 Å². The standard InChI is InChI=1S/C15H20N2O/c1-15(2,3)11-7-10-9-17(4)16-14(10)13(8-11)18-12-5-6-12/h7-9,12H,5-6H2,1-4H3. The van der Waals surface area contributed by atoms with Crippen LogP contribution >= 0.6 is 0 Å². The van der Waals surface area contributed by atoms with E-state index in [0.717, 1.165) is 11.3 Å². The Bertz CT molecular complexity index is 588. The topological polar surface area (TPSA) is 27.1 Å². The van der Waals surface area contributed by atoms with Crippen LogP contribution in [0.25, 0.3) is 10.9 Å². The Hall–Kier alpha value is -1.51. The molecule has 96 valence electrons. The zero-order chi connectivity index (χ0) is 12.9. The average molecular weight is 244 g/mol. The molecule has 3 rings (SSSR count). The lowest BCUT2D eigenvalue weighted by atomic mass is 9.86. The number of hydrogen-bond donors (Lipinski definition) is 0. The van der Waals surface area contributed by atoms with Gasteiger partial charge in [0.15, 0.2) is 0 Å². The van der Waals surface area contributed by atoms with Gasteiger partial charge in [-0.15, -0.1) is 0 Å². The van der Waals surface area contributed by atoms with Crippen LogP contribution in [0.4, 0.5) is 0 Å². The summed E-state index contributed by atoms with van der Waals surface area (Å²) in [4.78, 5) is 0. The number of benzene rings is 1. The van der Waals surface area contributed by atoms with E-state index >= 15 is 0 Å². The maximum absolute atomic E-state index is 6.01. The molecule has 1 aliphatic carbocycles. The maximum atomic E-state index is 6.01. The Morgan fingerprint density at radius 1 is 1.28 bits per heavy atom. The summed E-state index contributed by atoms with van der Waals surface area (Å²) in [5, 5.41) is 5.68. The summed E-state index contributed by atoms with van der Waals surface area (Å²) in [6, 6.07) is 4.38. The molecule has 0 spiro atoms. The first kappa shape index (κ1) is 11.6. The maximum Gasteiger partial charge on any atom is 0.148 e. The van der Waals surface area contributed by atoms with Crippen LogP contribution in [0.2, 0.25) is 0 Å². The quantitative estimate of drug-likeness (QED) is 0.809. The lowest BCUT2D eigenvalue weighted by molar-refractivity contribution is 0.305. The highest BCUT2D eigenvalue weighted by atomic mass is 16.5. The predicted octanol–water partition coefficient (Wildman–Crippen LogP) is 3.41. The molecular formula is C15H20N2O. The third-order valence-electron chi connectivity index (χ3n) is 3.37. The van der Waals surface area contributed by atoms with Crippen LogP contribution in [0, 0.1) is 0 Å². The van der Waals surface area contributed by atoms with Gasteiger partial charge in [0.25, 0.3) is 0 Å². The van der Waals surface area contributed by atoms with E-state index in [-0.39, 0.29) is 5.41 Å². The molecule has 1 fully saturated rings. The molecule has 3 nitrogen and oxygen atoms in total. The Balaban J connectivity index is 2.15. The second-order valence-electron chi connectivity index (χ2n) is 6.28. The monoisotopic (exact) mass is 244 g/mol. The van der Waals surface area contributed by atoms with Gasteiger partial charge < -0.3 is 4.74 Å². The largest absolute Gasteiger partial charge is 0.488 e. The highest BCUT2D eigenvalue weighted by molar-refractivity contribution is 5.85. The molecule has 18 heavy (non-hydrogen) atoms. The Morgan fingerprint density at radius 3 is 2.61 bits per heavy atom. The van der Waals surface area contributed by atoms with Crippen LogP contribution in [0.3, 0.4) is 0 Å². The molecule has 0 radical (unpaired) electrons. The summed E-state index contributed by atoms with van der Waals surface area (Å²) in [7, 11) is 1.96. The van der Waals surface area contributed by atoms with Gasteiger partial charge in [-0.25, -0.2) is 0 Å². The second-order valence-corrected chi connectivity index (χ2v) is 6.28. The normalized spacial score (nSPS) is 16.2. The molecule has 0 unspecified atom stereocenters. The van der Waals surface area contributed by atoms with Crippen LogP contribution < -0.4 is 4.74 Å². The molecule has 1 saturated carbocycles. The van der Waals surface area contributed by atoms with Gasteiger partial charge in [0, 0.05) is 18.6 Å². The summed E-state index contributed by atoms with van der Waals surface area (Å²) in [6.07, 6.45) is 4.82. The summed E-state index contributed by atoms with van der Waals surface area (Å²) in [5.74, 6) is 0.945. The highest BCUT2D eigenvalue weighted by Crippen LogP contribution is 2.35. The van der Waals surface area contributed by atoms with Gasteiger partial charge in [-0.3, -0.25) is 4.68 Å². The molecule has 1 aliphatic rings. The van der Waals surface area contributed by atoms with Gasteiger partial charge in [0.05, 0.1) is 6.10 Å². The van der Waals surface area contributed by atoms with Crippen LogP contribution in [-0.2, 0) is 12.5 Å². The fraction of sp³-hybridized carbons (Fsp3) is 0.533. The van der Waals surface area contributed by atoms with Crippen LogP contribution in [0.15, 0.2) is 18.3 Å². The number of rotatable bonds is 2. The van der Waals surface area contributed by atoms with Gasteiger partial charge in [0.1, 0.15) is 11.3 Å². The third-order valence-corrected chi connectivity index (χ3v) is 3.37. The zero-order valence-corrected chi connectivity index (χ0v) is 11.5. The molecule has 0 saturated heterocycles. The van der Waals surface area contributed by atoms with Crippen molar-refractivity contribution in [1.82, 2.24) is 9.78 Å². The predicted molar refractivity (Wildman–Crippen MR) is 73.1 cm³/mol. The van der Waals surface area contributed by atoms with Crippen LogP contribution in [0.5, 0.6) is 5.75 Å². The van der Waals surface area contributed by atoms with Gasteiger partial charge >= 0.3 is 0 Å². The Labute approximate surface area is 108 Å². The number of aromatic nitrogens is 2. The fourth-order valence-electron chi connectivity index (χ4n) is 2.11. The van der Waals surface area contributed by atoms with Crippen molar-refractivity contribution >= 4 is 10.9 Å². The fourth-order valence-corrected chi connectivity index (χ4v) is 2.11. The minimum Gasteiger partial charge on any atom is -0.488 e. The summed E-state index contributed by atoms with van der Waals surface area (Å²) >= 11 is 0. The number of nitrogens with zero attached hydrogens (tertiary/aromatic N) is 2. The Morgan fingerprint density at radius 2 is 2.00 bits per heavy atom. The SMILES string of the molecule is Cn1cc2cc(C(C)(C)C)cc(OC3CC3)c2n1. The van der Waals surface area contributed by atoms with Gasteiger partial charge in [-0.1, -0.05) is 20.8 Å². The van der Waals surface area contributed by atoms with E-state index in [1.165, 1.54) is 23.8 Å². The summed E-state index contributed by atoms with van der Waals surface area (Å²) < 4.78 is 7.87. The minimum absolute atomic E-state index is 0.131. The molecule has 0 atom stereocenters. The molecule has 2 aromatic rings. The van der Waals surface area contributed by atoms with Crippen molar-refractivity contribution in [2.75, 3.05) is 0 Å². The van der Waals surface area contributed by atoms with Crippen molar-refractivity contribution in [2.45, 2.75) is 45.1 Å². The number of ether oxygens (including phenoxy) is 1. The van der Waals surface area contributed by atoms with Crippen molar-refractivity contribution in [2.24, 2.45) is 7.05 Å². The van der Waals surface area contributed by atoms with Crippen molar-refractivity contribution in [1.29, 1.82) is 0 Å². The van der Waals surface area contributed by atoms with Crippen molar-refractivity contribution in [3.63, 3.8) is 0 Å². The minimum atomic E-state index is 0.131. The molecule has 1 aromatic carbocycles. The van der Waals surface area contributed by atoms with E-state index in [1.54, 1.807) is 0 Å². The zero-order valence-electron chi connectivity index (χ0n) is 11.5. The van der Waals surface area contributed by atoms with Crippen molar-refractivity contribution in [3.05, 3.63) is 23.9 Å². The first-order chi connectivity index (χ1) is 8.43. The first-order valence-electron chi connectivity index (χ1n) is 6.58. The molecule has 0 amide bonds. The molecule has 1 aromatic heterocycles. The molecular weight excluding hydrogens is 224 g/mol. The van der Waals surface area contributed by atoms with Crippen molar-refractivity contribution < 1.29 is 4.74 Å². The van der Waals surface area contributed by atoms with Gasteiger partial charge in [-0.2, -0.15) is 5.10 Å². The smallest absolute Gasteiger partial charge is 0.148 e. The number of hydrogen-bond acceptors (Lipinski definition) is 2. The lowest BCUT2D eigenvalue weighted by Gasteiger charge is -2.20. The van der Waals surface area contributed by atoms with E-state index in [1.807, 2.05) is 11.7 Å². The van der Waals surface area contributed by atoms with Gasteiger partial charge in [0.2, 0.25) is 0 Å². The second kappa shape index (κ2) is 3.74. The highest BCUT2D eigenvalue weighted by Gasteiger charge is 2.26. The van der Waals surface area contributed by atoms with Crippen molar-refractivity contribution in [3.8, 4) is 5.75 Å². The molecule has 0 bridgehead atoms. The Kier molecular flexibility index (Phi) is 2.40. The molecule has 0 aliphatic heterocycles. The lowest BCUT2D eigenvalue weighted by Crippen LogP contribution is -2.11. The molecule has 1 heterocycles. The number of aryl methyl sites for hydroxylation is 1. The first-order valence-corrected chi connectivity index (χ1v) is 6.58. The van der Waals surface area contributed by atoms with Crippen LogP contribution in [0.1, 0.15) is 39.2 Å². The summed E-state index contributed by atoms with van der Waals surface area (Å²) in [6.45, 7) is 6.68. The average Bonchev–Trinajstić information content (AvgIpc) is 2.97. The van der Waals surface area contributed by atoms with Gasteiger partial charge in [-0.05, 0) is 36.0 Å². The molecule has 3 heteroatoms. The van der Waals surface area contributed by atoms with Crippen LogP contribution in [-0.4, -0.2) is 15.9 Å². The third kappa shape index (κ3) is 2.09. The molecule has 0 N–H and O–H groups in total. The number of fused-ring (bicyclic) bond motifs is 1. The summed E-state index contributed by atoms with van der Waals surface area (Å²) in [5.41, 5.74) is 2.42. The van der Waals surface area contributed by atoms with E-state index in [4.69, 9.17) is 4.74 Å². The van der Waals surface area contributed by atoms with E-state index in [0.29, 0.717) is 6.10 Å². The van der Waals surface area contributed by atoms with E-state index in [9.17, 15) is 0 Å².